The van der Waals surface area contributed by atoms with E-state index in [-0.39, 0.29) is 5.97 Å². The number of esters is 1. The summed E-state index contributed by atoms with van der Waals surface area (Å²) < 4.78 is 5.01. The SMILES string of the molecule is CCOC(=O)/C=C(\C)CC1CCN(Cc2ccc3c(c2)Nc2nccnc2S3)CC1. The Morgan fingerprint density at radius 3 is 2.90 bits per heavy atom. The summed E-state index contributed by atoms with van der Waals surface area (Å²) in [5, 5.41) is 4.34. The highest BCUT2D eigenvalue weighted by molar-refractivity contribution is 7.99. The second kappa shape index (κ2) is 9.62. The van der Waals surface area contributed by atoms with E-state index < -0.39 is 0 Å². The fourth-order valence-electron chi connectivity index (χ4n) is 4.09. The van der Waals surface area contributed by atoms with Crippen LogP contribution in [-0.4, -0.2) is 40.5 Å². The Balaban J connectivity index is 1.29. The number of likely N-dealkylation sites (tertiary alicyclic amines) is 1. The average Bonchev–Trinajstić information content (AvgIpc) is 2.73. The molecule has 4 rings (SSSR count). The number of piperidine rings is 1. The van der Waals surface area contributed by atoms with Crippen molar-refractivity contribution < 1.29 is 9.53 Å². The molecule has 2 aliphatic heterocycles. The van der Waals surface area contributed by atoms with Crippen LogP contribution in [0.1, 0.15) is 38.7 Å². The molecule has 0 bridgehead atoms. The molecule has 0 spiro atoms. The Morgan fingerprint density at radius 1 is 1.30 bits per heavy atom. The number of fused-ring (bicyclic) bond motifs is 2. The third-order valence-corrected chi connectivity index (χ3v) is 6.61. The molecule has 1 fully saturated rings. The van der Waals surface area contributed by atoms with E-state index in [2.05, 4.69) is 38.4 Å². The van der Waals surface area contributed by atoms with E-state index in [0.717, 1.165) is 61.0 Å². The van der Waals surface area contributed by atoms with Gasteiger partial charge in [0.25, 0.3) is 0 Å². The predicted molar refractivity (Wildman–Crippen MR) is 119 cm³/mol. The van der Waals surface area contributed by atoms with Crippen LogP contribution in [0.4, 0.5) is 11.5 Å². The molecule has 3 heterocycles. The molecule has 0 radical (unpaired) electrons. The molecule has 0 saturated carbocycles. The first-order valence-electron chi connectivity index (χ1n) is 10.6. The summed E-state index contributed by atoms with van der Waals surface area (Å²) in [6.07, 6.45) is 8.40. The quantitative estimate of drug-likeness (QED) is 0.450. The van der Waals surface area contributed by atoms with Crippen LogP contribution in [-0.2, 0) is 16.1 Å². The number of anilines is 2. The molecule has 1 N–H and O–H groups in total. The lowest BCUT2D eigenvalue weighted by molar-refractivity contribution is -0.137. The van der Waals surface area contributed by atoms with Crippen molar-refractivity contribution >= 4 is 29.2 Å². The van der Waals surface area contributed by atoms with Crippen LogP contribution < -0.4 is 5.32 Å². The second-order valence-corrected chi connectivity index (χ2v) is 8.96. The van der Waals surface area contributed by atoms with Crippen LogP contribution in [0.5, 0.6) is 0 Å². The van der Waals surface area contributed by atoms with Crippen LogP contribution in [0.25, 0.3) is 0 Å². The topological polar surface area (TPSA) is 67.3 Å². The summed E-state index contributed by atoms with van der Waals surface area (Å²) in [7, 11) is 0. The molecule has 30 heavy (non-hydrogen) atoms. The van der Waals surface area contributed by atoms with Gasteiger partial charge < -0.3 is 10.1 Å². The van der Waals surface area contributed by atoms with Crippen LogP contribution in [0, 0.1) is 5.92 Å². The number of hydrogen-bond donors (Lipinski definition) is 1. The van der Waals surface area contributed by atoms with E-state index in [0.29, 0.717) is 12.5 Å². The molecule has 2 aliphatic rings. The van der Waals surface area contributed by atoms with Crippen molar-refractivity contribution in [1.29, 1.82) is 0 Å². The van der Waals surface area contributed by atoms with E-state index in [1.165, 1.54) is 10.5 Å². The van der Waals surface area contributed by atoms with Crippen molar-refractivity contribution in [3.63, 3.8) is 0 Å². The van der Waals surface area contributed by atoms with Crippen molar-refractivity contribution in [3.05, 3.63) is 47.8 Å². The number of nitrogens with one attached hydrogen (secondary N) is 1. The molecule has 1 aromatic heterocycles. The molecular weight excluding hydrogens is 396 g/mol. The number of rotatable bonds is 6. The summed E-state index contributed by atoms with van der Waals surface area (Å²) in [5.41, 5.74) is 3.54. The summed E-state index contributed by atoms with van der Waals surface area (Å²) in [4.78, 5) is 24.1. The maximum absolute atomic E-state index is 11.6. The molecular formula is C23H28N4O2S. The van der Waals surface area contributed by atoms with Gasteiger partial charge in [0, 0.05) is 29.9 Å². The highest BCUT2D eigenvalue weighted by atomic mass is 32.2. The van der Waals surface area contributed by atoms with Crippen molar-refractivity contribution in [2.75, 3.05) is 25.0 Å². The lowest BCUT2D eigenvalue weighted by atomic mass is 9.90. The first-order chi connectivity index (χ1) is 14.6. The van der Waals surface area contributed by atoms with E-state index in [1.807, 2.05) is 13.8 Å². The zero-order chi connectivity index (χ0) is 20.9. The number of carbonyl (C=O) groups is 1. The third-order valence-electron chi connectivity index (χ3n) is 5.54. The Bertz CT molecular complexity index is 939. The lowest BCUT2D eigenvalue weighted by Gasteiger charge is -2.32. The van der Waals surface area contributed by atoms with E-state index in [9.17, 15) is 4.79 Å². The van der Waals surface area contributed by atoms with E-state index >= 15 is 0 Å². The predicted octanol–water partition coefficient (Wildman–Crippen LogP) is 4.80. The Kier molecular flexibility index (Phi) is 6.69. The van der Waals surface area contributed by atoms with Crippen molar-refractivity contribution in [2.24, 2.45) is 5.92 Å². The van der Waals surface area contributed by atoms with Gasteiger partial charge in [0.1, 0.15) is 5.03 Å². The van der Waals surface area contributed by atoms with Crippen molar-refractivity contribution in [2.45, 2.75) is 49.6 Å². The minimum Gasteiger partial charge on any atom is -0.463 e. The monoisotopic (exact) mass is 424 g/mol. The van der Waals surface area contributed by atoms with Gasteiger partial charge in [-0.1, -0.05) is 23.4 Å². The number of hydrogen-bond acceptors (Lipinski definition) is 7. The number of allylic oxidation sites excluding steroid dienone is 1. The normalized spacial score (nSPS) is 17.1. The van der Waals surface area contributed by atoms with Gasteiger partial charge in [-0.3, -0.25) is 4.90 Å². The first-order valence-corrected chi connectivity index (χ1v) is 11.4. The van der Waals surface area contributed by atoms with Gasteiger partial charge in [-0.05, 0) is 69.8 Å². The number of aromatic nitrogens is 2. The second-order valence-electron chi connectivity index (χ2n) is 7.93. The lowest BCUT2D eigenvalue weighted by Crippen LogP contribution is -2.33. The molecule has 0 amide bonds. The maximum Gasteiger partial charge on any atom is 0.330 e. The molecule has 158 valence electrons. The number of benzene rings is 1. The number of ether oxygens (including phenoxy) is 1. The van der Waals surface area contributed by atoms with Crippen LogP contribution >= 0.6 is 11.8 Å². The fraction of sp³-hybridized carbons (Fsp3) is 0.435. The van der Waals surface area contributed by atoms with Gasteiger partial charge in [-0.15, -0.1) is 0 Å². The van der Waals surface area contributed by atoms with Crippen LogP contribution in [0.3, 0.4) is 0 Å². The fourth-order valence-corrected chi connectivity index (χ4v) is 4.96. The first kappa shape index (κ1) is 20.9. The third kappa shape index (κ3) is 5.21. The molecule has 0 atom stereocenters. The maximum atomic E-state index is 11.6. The molecule has 0 aliphatic carbocycles. The summed E-state index contributed by atoms with van der Waals surface area (Å²) in [6.45, 7) is 7.43. The van der Waals surface area contributed by atoms with E-state index in [4.69, 9.17) is 4.74 Å². The van der Waals surface area contributed by atoms with Crippen molar-refractivity contribution in [3.8, 4) is 0 Å². The average molecular weight is 425 g/mol. The van der Waals surface area contributed by atoms with Gasteiger partial charge >= 0.3 is 5.97 Å². The standard InChI is InChI=1S/C23H28N4O2S/c1-3-29-21(28)13-16(2)12-17-6-10-27(11-7-17)15-18-4-5-20-19(14-18)26-22-23(30-20)25-9-8-24-22/h4-5,8-9,13-14,17H,3,6-7,10-12,15H2,1-2H3,(H,24,26)/b16-13+. The summed E-state index contributed by atoms with van der Waals surface area (Å²) in [6, 6.07) is 6.63. The number of nitrogens with zero attached hydrogens (tertiary/aromatic N) is 3. The Labute approximate surface area is 182 Å². The van der Waals surface area contributed by atoms with Gasteiger partial charge in [0.2, 0.25) is 0 Å². The molecule has 1 saturated heterocycles. The highest BCUT2D eigenvalue weighted by Crippen LogP contribution is 2.42. The van der Waals surface area contributed by atoms with Gasteiger partial charge in [-0.2, -0.15) is 0 Å². The Morgan fingerprint density at radius 2 is 2.10 bits per heavy atom. The van der Waals surface area contributed by atoms with Gasteiger partial charge in [0.05, 0.1) is 12.3 Å². The van der Waals surface area contributed by atoms with Crippen LogP contribution in [0.2, 0.25) is 0 Å². The van der Waals surface area contributed by atoms with Gasteiger partial charge in [-0.25, -0.2) is 14.8 Å². The summed E-state index contributed by atoms with van der Waals surface area (Å²) >= 11 is 1.66. The molecule has 1 aromatic carbocycles. The summed E-state index contributed by atoms with van der Waals surface area (Å²) in [5.74, 6) is 1.25. The highest BCUT2D eigenvalue weighted by Gasteiger charge is 2.21. The molecule has 0 unspecified atom stereocenters. The minimum atomic E-state index is -0.222. The van der Waals surface area contributed by atoms with E-state index in [1.54, 1.807) is 30.2 Å². The van der Waals surface area contributed by atoms with Crippen LogP contribution in [0.15, 0.2) is 52.2 Å². The van der Waals surface area contributed by atoms with Gasteiger partial charge in [0.15, 0.2) is 5.82 Å². The molecule has 6 nitrogen and oxygen atoms in total. The molecule has 7 heteroatoms. The molecule has 2 aromatic rings. The largest absolute Gasteiger partial charge is 0.463 e. The minimum absolute atomic E-state index is 0.222. The zero-order valence-electron chi connectivity index (χ0n) is 17.6. The Hall–Kier alpha value is -2.38. The number of carbonyl (C=O) groups excluding carboxylic acids is 1. The zero-order valence-corrected chi connectivity index (χ0v) is 18.4. The van der Waals surface area contributed by atoms with Crippen molar-refractivity contribution in [1.82, 2.24) is 14.9 Å². The smallest absolute Gasteiger partial charge is 0.330 e.